The van der Waals surface area contributed by atoms with Crippen molar-refractivity contribution in [3.8, 4) is 0 Å². The first-order chi connectivity index (χ1) is 13.3. The molecule has 0 fully saturated rings. The molecule has 2 rings (SSSR count). The van der Waals surface area contributed by atoms with Crippen LogP contribution in [0, 0.1) is 13.8 Å². The summed E-state index contributed by atoms with van der Waals surface area (Å²) >= 11 is 1.12. The Balaban J connectivity index is 1.84. The smallest absolute Gasteiger partial charge is 0.325 e. The third kappa shape index (κ3) is 6.08. The number of benzene rings is 1. The van der Waals surface area contributed by atoms with Gasteiger partial charge in [-0.05, 0) is 32.4 Å². The first-order valence-corrected chi connectivity index (χ1v) is 9.63. The van der Waals surface area contributed by atoms with E-state index < -0.39 is 17.9 Å². The Bertz CT molecular complexity index is 881. The van der Waals surface area contributed by atoms with Gasteiger partial charge in [0.05, 0.1) is 12.4 Å². The van der Waals surface area contributed by atoms with Crippen molar-refractivity contribution in [1.29, 1.82) is 0 Å². The Hall–Kier alpha value is -2.88. The lowest BCUT2D eigenvalue weighted by Gasteiger charge is -2.09. The van der Waals surface area contributed by atoms with Crippen molar-refractivity contribution in [3.05, 3.63) is 35.2 Å². The number of anilines is 1. The Labute approximate surface area is 167 Å². The van der Waals surface area contributed by atoms with Crippen molar-refractivity contribution < 1.29 is 19.1 Å². The normalized spacial score (nSPS) is 10.4. The van der Waals surface area contributed by atoms with E-state index in [-0.39, 0.29) is 12.2 Å². The van der Waals surface area contributed by atoms with Crippen molar-refractivity contribution in [3.63, 3.8) is 0 Å². The summed E-state index contributed by atoms with van der Waals surface area (Å²) in [5.41, 5.74) is 2.63. The second-order valence-electron chi connectivity index (χ2n) is 6.05. The fourth-order valence-electron chi connectivity index (χ4n) is 2.37. The lowest BCUT2D eigenvalue weighted by Crippen LogP contribution is -2.35. The van der Waals surface area contributed by atoms with Crippen molar-refractivity contribution in [2.75, 3.05) is 17.7 Å². The Morgan fingerprint density at radius 2 is 1.96 bits per heavy atom. The van der Waals surface area contributed by atoms with Crippen LogP contribution >= 0.6 is 11.8 Å². The maximum atomic E-state index is 12.0. The number of aryl methyl sites for hydroxylation is 2. The number of nitrogens with one attached hydrogen (secondary N) is 2. The summed E-state index contributed by atoms with van der Waals surface area (Å²) in [4.78, 5) is 35.5. The molecule has 0 aliphatic carbocycles. The zero-order chi connectivity index (χ0) is 20.7. The van der Waals surface area contributed by atoms with E-state index in [9.17, 15) is 14.4 Å². The quantitative estimate of drug-likeness (QED) is 0.534. The molecule has 0 bridgehead atoms. The molecule has 0 aliphatic heterocycles. The number of amides is 3. The number of aromatic nitrogens is 3. The van der Waals surface area contributed by atoms with Crippen molar-refractivity contribution in [2.24, 2.45) is 7.05 Å². The minimum Gasteiger partial charge on any atom is -0.466 e. The summed E-state index contributed by atoms with van der Waals surface area (Å²) in [5, 5.41) is 13.3. The van der Waals surface area contributed by atoms with Gasteiger partial charge in [0.1, 0.15) is 12.2 Å². The lowest BCUT2D eigenvalue weighted by atomic mass is 10.1. The average Bonchev–Trinajstić information content (AvgIpc) is 2.96. The SMILES string of the molecule is CCOC(=O)Cc1nnc(SCC(=O)NC(=O)Nc2ccc(C)cc2C)n1C. The van der Waals surface area contributed by atoms with Gasteiger partial charge in [0, 0.05) is 12.7 Å². The fraction of sp³-hybridized carbons (Fsp3) is 0.389. The van der Waals surface area contributed by atoms with Crippen molar-refractivity contribution >= 4 is 35.4 Å². The van der Waals surface area contributed by atoms with Crippen LogP contribution in [0.4, 0.5) is 10.5 Å². The van der Waals surface area contributed by atoms with Gasteiger partial charge >= 0.3 is 12.0 Å². The van der Waals surface area contributed by atoms with E-state index in [0.717, 1.165) is 22.9 Å². The van der Waals surface area contributed by atoms with E-state index in [1.165, 1.54) is 0 Å². The molecule has 9 nitrogen and oxygen atoms in total. The molecule has 0 saturated carbocycles. The van der Waals surface area contributed by atoms with Gasteiger partial charge in [-0.15, -0.1) is 10.2 Å². The summed E-state index contributed by atoms with van der Waals surface area (Å²) in [5.74, 6) is -0.447. The summed E-state index contributed by atoms with van der Waals surface area (Å²) < 4.78 is 6.50. The highest BCUT2D eigenvalue weighted by molar-refractivity contribution is 7.99. The number of thioether (sulfide) groups is 1. The molecule has 2 aromatic rings. The van der Waals surface area contributed by atoms with E-state index in [1.54, 1.807) is 24.6 Å². The third-order valence-corrected chi connectivity index (χ3v) is 4.77. The largest absolute Gasteiger partial charge is 0.466 e. The molecule has 2 N–H and O–H groups in total. The number of hydrogen-bond donors (Lipinski definition) is 2. The topological polar surface area (TPSA) is 115 Å². The van der Waals surface area contributed by atoms with Crippen molar-refractivity contribution in [1.82, 2.24) is 20.1 Å². The van der Waals surface area contributed by atoms with Gasteiger partial charge in [-0.25, -0.2) is 4.79 Å². The van der Waals surface area contributed by atoms with Crippen LogP contribution in [0.5, 0.6) is 0 Å². The number of carbonyl (C=O) groups is 3. The van der Waals surface area contributed by atoms with Crippen LogP contribution in [0.15, 0.2) is 23.4 Å². The summed E-state index contributed by atoms with van der Waals surface area (Å²) in [6.45, 7) is 5.86. The molecule has 0 aliphatic rings. The molecule has 0 unspecified atom stereocenters. The highest BCUT2D eigenvalue weighted by atomic mass is 32.2. The summed E-state index contributed by atoms with van der Waals surface area (Å²) in [6, 6.07) is 5.00. The number of rotatable bonds is 7. The van der Waals surface area contributed by atoms with Crippen LogP contribution < -0.4 is 10.6 Å². The number of nitrogens with zero attached hydrogens (tertiary/aromatic N) is 3. The second-order valence-corrected chi connectivity index (χ2v) is 6.99. The van der Waals surface area contributed by atoms with Crippen LogP contribution in [0.25, 0.3) is 0 Å². The van der Waals surface area contributed by atoms with Crippen LogP contribution in [0.2, 0.25) is 0 Å². The van der Waals surface area contributed by atoms with Gasteiger partial charge in [0.15, 0.2) is 5.16 Å². The number of imide groups is 1. The highest BCUT2D eigenvalue weighted by Crippen LogP contribution is 2.17. The molecule has 0 atom stereocenters. The first kappa shape index (κ1) is 21.4. The monoisotopic (exact) mass is 405 g/mol. The molecule has 1 heterocycles. The molecule has 28 heavy (non-hydrogen) atoms. The van der Waals surface area contributed by atoms with E-state index in [1.807, 2.05) is 26.0 Å². The van der Waals surface area contributed by atoms with Gasteiger partial charge in [-0.1, -0.05) is 29.5 Å². The maximum absolute atomic E-state index is 12.0. The predicted molar refractivity (Wildman–Crippen MR) is 105 cm³/mol. The van der Waals surface area contributed by atoms with Crippen LogP contribution in [0.1, 0.15) is 23.9 Å². The zero-order valence-electron chi connectivity index (χ0n) is 16.2. The van der Waals surface area contributed by atoms with Gasteiger partial charge in [0.2, 0.25) is 5.91 Å². The number of hydrogen-bond acceptors (Lipinski definition) is 7. The van der Waals surface area contributed by atoms with Gasteiger partial charge in [0.25, 0.3) is 0 Å². The first-order valence-electron chi connectivity index (χ1n) is 8.65. The van der Waals surface area contributed by atoms with Crippen molar-refractivity contribution in [2.45, 2.75) is 32.3 Å². The number of ether oxygens (including phenoxy) is 1. The lowest BCUT2D eigenvalue weighted by molar-refractivity contribution is -0.142. The molecule has 0 spiro atoms. The molecule has 0 radical (unpaired) electrons. The third-order valence-electron chi connectivity index (χ3n) is 3.75. The average molecular weight is 405 g/mol. The molecular formula is C18H23N5O4S. The predicted octanol–water partition coefficient (Wildman–Crippen LogP) is 1.98. The second kappa shape index (κ2) is 9.88. The molecule has 3 amide bonds. The van der Waals surface area contributed by atoms with Crippen LogP contribution in [-0.2, 0) is 27.8 Å². The molecule has 1 aromatic heterocycles. The molecular weight excluding hydrogens is 382 g/mol. The molecule has 10 heteroatoms. The van der Waals surface area contributed by atoms with Crippen LogP contribution in [-0.4, -0.2) is 45.0 Å². The number of esters is 1. The van der Waals surface area contributed by atoms with Gasteiger partial charge in [-0.3, -0.25) is 14.9 Å². The summed E-state index contributed by atoms with van der Waals surface area (Å²) in [6.07, 6.45) is 0.00238. The molecule has 0 saturated heterocycles. The molecule has 150 valence electrons. The number of urea groups is 1. The highest BCUT2D eigenvalue weighted by Gasteiger charge is 2.16. The van der Waals surface area contributed by atoms with Gasteiger partial charge in [-0.2, -0.15) is 0 Å². The number of carbonyl (C=O) groups excluding carboxylic acids is 3. The zero-order valence-corrected chi connectivity index (χ0v) is 17.1. The van der Waals surface area contributed by atoms with E-state index in [2.05, 4.69) is 20.8 Å². The molecule has 1 aromatic carbocycles. The maximum Gasteiger partial charge on any atom is 0.325 e. The minimum absolute atomic E-state index is 0.00238. The Morgan fingerprint density at radius 1 is 1.21 bits per heavy atom. The summed E-state index contributed by atoms with van der Waals surface area (Å²) in [7, 11) is 1.70. The van der Waals surface area contributed by atoms with E-state index in [0.29, 0.717) is 23.3 Å². The van der Waals surface area contributed by atoms with E-state index >= 15 is 0 Å². The minimum atomic E-state index is -0.599. The standard InChI is InChI=1S/C18H23N5O4S/c1-5-27-16(25)9-14-21-22-18(23(14)4)28-10-15(24)20-17(26)19-13-7-6-11(2)8-12(13)3/h6-8H,5,9-10H2,1-4H3,(H2,19,20,24,26). The Morgan fingerprint density at radius 3 is 2.64 bits per heavy atom. The van der Waals surface area contributed by atoms with Gasteiger partial charge < -0.3 is 14.6 Å². The van der Waals surface area contributed by atoms with E-state index in [4.69, 9.17) is 4.74 Å². The van der Waals surface area contributed by atoms with Crippen LogP contribution in [0.3, 0.4) is 0 Å². The Kier molecular flexibility index (Phi) is 7.56. The fourth-order valence-corrected chi connectivity index (χ4v) is 3.10.